The molecular formula is C20H25N. The zero-order valence-electron chi connectivity index (χ0n) is 14.0. The second-order valence-electron chi connectivity index (χ2n) is 5.93. The minimum absolute atomic E-state index is 0.565. The first kappa shape index (κ1) is 15.5. The van der Waals surface area contributed by atoms with Gasteiger partial charge in [-0.1, -0.05) is 50.3 Å². The van der Waals surface area contributed by atoms with Crippen LogP contribution in [0, 0.1) is 6.92 Å². The third-order valence-corrected chi connectivity index (χ3v) is 4.13. The number of aliphatic imine (C=N–C) groups is 1. The number of rotatable bonds is 2. The molecule has 1 nitrogen and oxygen atoms in total. The van der Waals surface area contributed by atoms with E-state index in [2.05, 4.69) is 76.0 Å². The predicted molar refractivity (Wildman–Crippen MR) is 94.1 cm³/mol. The Hall–Kier alpha value is -1.89. The SMILES string of the molecule is C/C=C1/C(c2ccc(C(C)C)c(C)c2)=CC=C(C)C1=NC. The molecule has 0 aromatic heterocycles. The van der Waals surface area contributed by atoms with Gasteiger partial charge in [0.1, 0.15) is 0 Å². The van der Waals surface area contributed by atoms with Crippen LogP contribution in [-0.2, 0) is 0 Å². The summed E-state index contributed by atoms with van der Waals surface area (Å²) >= 11 is 0. The van der Waals surface area contributed by atoms with E-state index in [-0.39, 0.29) is 0 Å². The lowest BCUT2D eigenvalue weighted by atomic mass is 9.85. The van der Waals surface area contributed by atoms with E-state index in [1.165, 1.54) is 33.4 Å². The first-order chi connectivity index (χ1) is 9.99. The molecular weight excluding hydrogens is 254 g/mol. The van der Waals surface area contributed by atoms with Gasteiger partial charge in [0, 0.05) is 12.6 Å². The van der Waals surface area contributed by atoms with Gasteiger partial charge in [0.2, 0.25) is 0 Å². The van der Waals surface area contributed by atoms with Crippen molar-refractivity contribution in [1.29, 1.82) is 0 Å². The van der Waals surface area contributed by atoms with Crippen molar-refractivity contribution in [3.63, 3.8) is 0 Å². The first-order valence-corrected chi connectivity index (χ1v) is 7.63. The monoisotopic (exact) mass is 279 g/mol. The van der Waals surface area contributed by atoms with Crippen LogP contribution in [0.15, 0.2) is 52.6 Å². The number of hydrogen-bond donors (Lipinski definition) is 0. The largest absolute Gasteiger partial charge is 0.288 e. The molecule has 0 unspecified atom stereocenters. The zero-order valence-corrected chi connectivity index (χ0v) is 14.0. The molecule has 21 heavy (non-hydrogen) atoms. The summed E-state index contributed by atoms with van der Waals surface area (Å²) in [5.74, 6) is 0.565. The Morgan fingerprint density at radius 3 is 2.33 bits per heavy atom. The van der Waals surface area contributed by atoms with Gasteiger partial charge in [-0.25, -0.2) is 0 Å². The van der Waals surface area contributed by atoms with Crippen LogP contribution < -0.4 is 0 Å². The summed E-state index contributed by atoms with van der Waals surface area (Å²) in [6.45, 7) is 10.9. The van der Waals surface area contributed by atoms with Crippen LogP contribution >= 0.6 is 0 Å². The van der Waals surface area contributed by atoms with Crippen LogP contribution in [0.25, 0.3) is 5.57 Å². The molecule has 0 saturated heterocycles. The fraction of sp³-hybridized carbons (Fsp3) is 0.350. The highest BCUT2D eigenvalue weighted by Gasteiger charge is 2.18. The van der Waals surface area contributed by atoms with Crippen molar-refractivity contribution in [3.8, 4) is 0 Å². The van der Waals surface area contributed by atoms with Crippen LogP contribution in [-0.4, -0.2) is 12.8 Å². The van der Waals surface area contributed by atoms with E-state index in [0.29, 0.717) is 5.92 Å². The van der Waals surface area contributed by atoms with Crippen molar-refractivity contribution >= 4 is 11.3 Å². The lowest BCUT2D eigenvalue weighted by molar-refractivity contribution is 0.856. The Bertz CT molecular complexity index is 667. The molecule has 0 atom stereocenters. The van der Waals surface area contributed by atoms with Crippen molar-refractivity contribution in [3.05, 3.63) is 64.3 Å². The fourth-order valence-electron chi connectivity index (χ4n) is 3.05. The number of aryl methyl sites for hydroxylation is 1. The number of nitrogens with zero attached hydrogens (tertiary/aromatic N) is 1. The van der Waals surface area contributed by atoms with Crippen LogP contribution in [0.1, 0.15) is 50.3 Å². The lowest BCUT2D eigenvalue weighted by Crippen LogP contribution is -2.10. The Kier molecular flexibility index (Phi) is 4.62. The Labute approximate surface area is 128 Å². The first-order valence-electron chi connectivity index (χ1n) is 7.63. The lowest BCUT2D eigenvalue weighted by Gasteiger charge is -2.20. The summed E-state index contributed by atoms with van der Waals surface area (Å²) < 4.78 is 0. The average molecular weight is 279 g/mol. The van der Waals surface area contributed by atoms with Gasteiger partial charge in [-0.2, -0.15) is 0 Å². The maximum absolute atomic E-state index is 4.46. The summed E-state index contributed by atoms with van der Waals surface area (Å²) in [6.07, 6.45) is 6.54. The molecule has 110 valence electrons. The predicted octanol–water partition coefficient (Wildman–Crippen LogP) is 5.48. The molecule has 1 aromatic rings. The molecule has 0 saturated carbocycles. The van der Waals surface area contributed by atoms with E-state index in [0.717, 1.165) is 5.71 Å². The van der Waals surface area contributed by atoms with Gasteiger partial charge in [0.15, 0.2) is 0 Å². The summed E-state index contributed by atoms with van der Waals surface area (Å²) in [7, 11) is 1.87. The molecule has 0 heterocycles. The normalized spacial score (nSPS) is 19.2. The standard InChI is InChI=1S/C20H25N/c1-7-17-19(10-8-14(4)20(17)21-6)16-9-11-18(13(2)3)15(5)12-16/h7-13H,1-6H3/b17-7-,21-20?. The molecule has 1 aliphatic rings. The highest BCUT2D eigenvalue weighted by molar-refractivity contribution is 6.23. The summed E-state index contributed by atoms with van der Waals surface area (Å²) in [6, 6.07) is 6.79. The van der Waals surface area contributed by atoms with E-state index in [1.807, 2.05) is 7.05 Å². The average Bonchev–Trinajstić information content (AvgIpc) is 2.46. The molecule has 0 amide bonds. The van der Waals surface area contributed by atoms with Crippen molar-refractivity contribution < 1.29 is 0 Å². The van der Waals surface area contributed by atoms with Crippen molar-refractivity contribution in [2.45, 2.75) is 40.5 Å². The molecule has 2 rings (SSSR count). The van der Waals surface area contributed by atoms with Gasteiger partial charge in [0.05, 0.1) is 5.71 Å². The molecule has 0 spiro atoms. The smallest absolute Gasteiger partial charge is 0.0675 e. The summed E-state index contributed by atoms with van der Waals surface area (Å²) in [4.78, 5) is 4.46. The minimum Gasteiger partial charge on any atom is -0.288 e. The van der Waals surface area contributed by atoms with Crippen molar-refractivity contribution in [2.75, 3.05) is 7.05 Å². The number of hydrogen-bond acceptors (Lipinski definition) is 1. The van der Waals surface area contributed by atoms with Crippen LogP contribution in [0.4, 0.5) is 0 Å². The number of allylic oxidation sites excluding steroid dienone is 6. The van der Waals surface area contributed by atoms with E-state index in [1.54, 1.807) is 0 Å². The maximum Gasteiger partial charge on any atom is 0.0675 e. The van der Waals surface area contributed by atoms with Gasteiger partial charge in [-0.05, 0) is 54.5 Å². The van der Waals surface area contributed by atoms with Crippen LogP contribution in [0.5, 0.6) is 0 Å². The molecule has 1 aliphatic carbocycles. The van der Waals surface area contributed by atoms with Gasteiger partial charge < -0.3 is 0 Å². The highest BCUT2D eigenvalue weighted by atomic mass is 14.7. The van der Waals surface area contributed by atoms with Crippen LogP contribution in [0.3, 0.4) is 0 Å². The van der Waals surface area contributed by atoms with Crippen molar-refractivity contribution in [1.82, 2.24) is 0 Å². The second kappa shape index (κ2) is 6.26. The Morgan fingerprint density at radius 2 is 1.81 bits per heavy atom. The van der Waals surface area contributed by atoms with Gasteiger partial charge in [-0.15, -0.1) is 0 Å². The zero-order chi connectivity index (χ0) is 15.6. The second-order valence-corrected chi connectivity index (χ2v) is 5.93. The molecule has 0 bridgehead atoms. The molecule has 0 N–H and O–H groups in total. The highest BCUT2D eigenvalue weighted by Crippen LogP contribution is 2.32. The maximum atomic E-state index is 4.46. The van der Waals surface area contributed by atoms with Gasteiger partial charge in [-0.3, -0.25) is 4.99 Å². The van der Waals surface area contributed by atoms with E-state index in [4.69, 9.17) is 0 Å². The minimum atomic E-state index is 0.565. The molecule has 1 aromatic carbocycles. The van der Waals surface area contributed by atoms with Crippen LogP contribution in [0.2, 0.25) is 0 Å². The summed E-state index contributed by atoms with van der Waals surface area (Å²) in [5, 5.41) is 0. The van der Waals surface area contributed by atoms with Gasteiger partial charge >= 0.3 is 0 Å². The Morgan fingerprint density at radius 1 is 1.10 bits per heavy atom. The third-order valence-electron chi connectivity index (χ3n) is 4.13. The third kappa shape index (κ3) is 2.92. The molecule has 1 heteroatoms. The molecule has 0 radical (unpaired) electrons. The summed E-state index contributed by atoms with van der Waals surface area (Å²) in [5.41, 5.74) is 8.88. The van der Waals surface area contributed by atoms with Gasteiger partial charge in [0.25, 0.3) is 0 Å². The Balaban J connectivity index is 2.54. The molecule has 0 aliphatic heterocycles. The quantitative estimate of drug-likeness (QED) is 0.680. The van der Waals surface area contributed by atoms with E-state index < -0.39 is 0 Å². The van der Waals surface area contributed by atoms with E-state index in [9.17, 15) is 0 Å². The number of benzene rings is 1. The topological polar surface area (TPSA) is 12.4 Å². The van der Waals surface area contributed by atoms with Crippen molar-refractivity contribution in [2.24, 2.45) is 4.99 Å². The molecule has 0 fully saturated rings. The fourth-order valence-corrected chi connectivity index (χ4v) is 3.05. The van der Waals surface area contributed by atoms with E-state index >= 15 is 0 Å².